The fraction of sp³-hybridized carbons (Fsp3) is 0.632. The van der Waals surface area contributed by atoms with Crippen molar-refractivity contribution in [2.45, 2.75) is 39.0 Å². The summed E-state index contributed by atoms with van der Waals surface area (Å²) in [5, 5.41) is 12.2. The molecule has 0 radical (unpaired) electrons. The zero-order valence-corrected chi connectivity index (χ0v) is 15.0. The lowest BCUT2D eigenvalue weighted by molar-refractivity contribution is 0.147. The molecule has 1 unspecified atom stereocenters. The standard InChI is InChI=1S/C19H30N2O3/c1-19(2,14-22)10-4-11-20-18(23)21-12-9-16(13-21)15-5-7-17(24-3)8-6-15/h5-8,16,22H,4,9-14H2,1-3H3,(H,20,23). The number of hydrogen-bond acceptors (Lipinski definition) is 3. The van der Waals surface area contributed by atoms with E-state index in [0.29, 0.717) is 12.5 Å². The molecule has 1 aliphatic heterocycles. The first kappa shape index (κ1) is 18.6. The summed E-state index contributed by atoms with van der Waals surface area (Å²) in [4.78, 5) is 14.2. The number of carbonyl (C=O) groups excluding carboxylic acids is 1. The van der Waals surface area contributed by atoms with Gasteiger partial charge in [-0.25, -0.2) is 4.79 Å². The molecule has 0 aliphatic carbocycles. The van der Waals surface area contributed by atoms with Crippen LogP contribution >= 0.6 is 0 Å². The van der Waals surface area contributed by atoms with Gasteiger partial charge in [-0.05, 0) is 42.4 Å². The van der Waals surface area contributed by atoms with Gasteiger partial charge in [0, 0.05) is 32.2 Å². The summed E-state index contributed by atoms with van der Waals surface area (Å²) in [5.41, 5.74) is 1.19. The van der Waals surface area contributed by atoms with Gasteiger partial charge in [-0.1, -0.05) is 26.0 Å². The Balaban J connectivity index is 1.74. The minimum absolute atomic E-state index is 0.0211. The van der Waals surface area contributed by atoms with Crippen molar-refractivity contribution in [1.82, 2.24) is 10.2 Å². The van der Waals surface area contributed by atoms with Gasteiger partial charge in [0.15, 0.2) is 0 Å². The van der Waals surface area contributed by atoms with Crippen LogP contribution in [0.5, 0.6) is 5.75 Å². The molecular weight excluding hydrogens is 304 g/mol. The van der Waals surface area contributed by atoms with E-state index in [1.165, 1.54) is 5.56 Å². The number of urea groups is 1. The summed E-state index contributed by atoms with van der Waals surface area (Å²) < 4.78 is 5.19. The first-order chi connectivity index (χ1) is 11.4. The van der Waals surface area contributed by atoms with Crippen LogP contribution in [0.3, 0.4) is 0 Å². The smallest absolute Gasteiger partial charge is 0.317 e. The molecular formula is C19H30N2O3. The van der Waals surface area contributed by atoms with E-state index in [2.05, 4.69) is 17.4 Å². The van der Waals surface area contributed by atoms with E-state index in [1.54, 1.807) is 7.11 Å². The van der Waals surface area contributed by atoms with E-state index in [9.17, 15) is 9.90 Å². The molecule has 1 fully saturated rings. The minimum atomic E-state index is -0.0716. The van der Waals surface area contributed by atoms with Gasteiger partial charge < -0.3 is 20.1 Å². The highest BCUT2D eigenvalue weighted by atomic mass is 16.5. The molecule has 5 nitrogen and oxygen atoms in total. The summed E-state index contributed by atoms with van der Waals surface area (Å²) in [6.07, 6.45) is 2.78. The number of rotatable bonds is 7. The average Bonchev–Trinajstić information content (AvgIpc) is 3.09. The lowest BCUT2D eigenvalue weighted by Crippen LogP contribution is -2.39. The van der Waals surface area contributed by atoms with E-state index in [1.807, 2.05) is 30.9 Å². The fourth-order valence-electron chi connectivity index (χ4n) is 3.05. The van der Waals surface area contributed by atoms with Crippen molar-refractivity contribution in [3.8, 4) is 5.75 Å². The molecule has 1 heterocycles. The molecule has 1 aliphatic rings. The molecule has 1 saturated heterocycles. The highest BCUT2D eigenvalue weighted by Crippen LogP contribution is 2.28. The van der Waals surface area contributed by atoms with E-state index in [0.717, 1.165) is 38.1 Å². The Hall–Kier alpha value is -1.75. The number of likely N-dealkylation sites (tertiary alicyclic amines) is 1. The molecule has 24 heavy (non-hydrogen) atoms. The third-order valence-corrected chi connectivity index (χ3v) is 4.80. The maximum atomic E-state index is 12.3. The number of nitrogens with one attached hydrogen (secondary N) is 1. The first-order valence-electron chi connectivity index (χ1n) is 8.73. The van der Waals surface area contributed by atoms with Gasteiger partial charge in [-0.15, -0.1) is 0 Å². The number of hydrogen-bond donors (Lipinski definition) is 2. The van der Waals surface area contributed by atoms with Crippen molar-refractivity contribution in [2.24, 2.45) is 5.41 Å². The first-order valence-corrected chi connectivity index (χ1v) is 8.73. The van der Waals surface area contributed by atoms with Crippen molar-refractivity contribution < 1.29 is 14.6 Å². The molecule has 1 atom stereocenters. The topological polar surface area (TPSA) is 61.8 Å². The van der Waals surface area contributed by atoms with Crippen LogP contribution in [-0.4, -0.2) is 49.4 Å². The number of ether oxygens (including phenoxy) is 1. The van der Waals surface area contributed by atoms with Gasteiger partial charge in [0.2, 0.25) is 0 Å². The Morgan fingerprint density at radius 3 is 2.71 bits per heavy atom. The molecule has 2 amide bonds. The molecule has 1 aromatic carbocycles. The Morgan fingerprint density at radius 1 is 1.38 bits per heavy atom. The number of methoxy groups -OCH3 is 1. The van der Waals surface area contributed by atoms with Crippen LogP contribution < -0.4 is 10.1 Å². The lowest BCUT2D eigenvalue weighted by atomic mass is 9.89. The van der Waals surface area contributed by atoms with E-state index >= 15 is 0 Å². The number of benzene rings is 1. The van der Waals surface area contributed by atoms with Gasteiger partial charge in [0.1, 0.15) is 5.75 Å². The zero-order valence-electron chi connectivity index (χ0n) is 15.0. The summed E-state index contributed by atoms with van der Waals surface area (Å²) in [7, 11) is 1.67. The Morgan fingerprint density at radius 2 is 2.08 bits per heavy atom. The predicted octanol–water partition coefficient (Wildman–Crippen LogP) is 2.99. The molecule has 134 valence electrons. The minimum Gasteiger partial charge on any atom is -0.497 e. The summed E-state index contributed by atoms with van der Waals surface area (Å²) in [6, 6.07) is 8.14. The number of nitrogens with zero attached hydrogens (tertiary/aromatic N) is 1. The Bertz CT molecular complexity index is 528. The van der Waals surface area contributed by atoms with Crippen LogP contribution in [0.1, 0.15) is 44.6 Å². The number of carbonyl (C=O) groups is 1. The predicted molar refractivity (Wildman–Crippen MR) is 95.4 cm³/mol. The molecule has 0 aromatic heterocycles. The SMILES string of the molecule is COc1ccc(C2CCN(C(=O)NCCCC(C)(C)CO)C2)cc1. The third-order valence-electron chi connectivity index (χ3n) is 4.80. The summed E-state index contributed by atoms with van der Waals surface area (Å²) in [5.74, 6) is 1.26. The molecule has 0 spiro atoms. The van der Waals surface area contributed by atoms with Gasteiger partial charge in [-0.3, -0.25) is 0 Å². The van der Waals surface area contributed by atoms with E-state index < -0.39 is 0 Å². The second kappa shape index (κ2) is 8.38. The summed E-state index contributed by atoms with van der Waals surface area (Å²) in [6.45, 7) is 6.47. The third kappa shape index (κ3) is 5.13. The summed E-state index contributed by atoms with van der Waals surface area (Å²) >= 11 is 0. The van der Waals surface area contributed by atoms with Crippen molar-refractivity contribution in [3.63, 3.8) is 0 Å². The maximum Gasteiger partial charge on any atom is 0.317 e. The van der Waals surface area contributed by atoms with Crippen molar-refractivity contribution >= 4 is 6.03 Å². The number of aliphatic hydroxyl groups is 1. The van der Waals surface area contributed by atoms with Crippen molar-refractivity contribution in [2.75, 3.05) is 33.4 Å². The highest BCUT2D eigenvalue weighted by molar-refractivity contribution is 5.74. The lowest BCUT2D eigenvalue weighted by Gasteiger charge is -2.22. The molecule has 2 rings (SSSR count). The van der Waals surface area contributed by atoms with Crippen LogP contribution in [0.4, 0.5) is 4.79 Å². The van der Waals surface area contributed by atoms with Crippen LogP contribution in [-0.2, 0) is 0 Å². The Kier molecular flexibility index (Phi) is 6.49. The van der Waals surface area contributed by atoms with Gasteiger partial charge >= 0.3 is 6.03 Å². The zero-order chi connectivity index (χ0) is 17.6. The average molecular weight is 334 g/mol. The highest BCUT2D eigenvalue weighted by Gasteiger charge is 2.27. The van der Waals surface area contributed by atoms with E-state index in [-0.39, 0.29) is 18.1 Å². The fourth-order valence-corrected chi connectivity index (χ4v) is 3.05. The van der Waals surface area contributed by atoms with Crippen LogP contribution in [0.25, 0.3) is 0 Å². The monoisotopic (exact) mass is 334 g/mol. The molecule has 2 N–H and O–H groups in total. The van der Waals surface area contributed by atoms with Crippen LogP contribution in [0, 0.1) is 5.41 Å². The van der Waals surface area contributed by atoms with Crippen molar-refractivity contribution in [3.05, 3.63) is 29.8 Å². The normalized spacial score (nSPS) is 17.8. The van der Waals surface area contributed by atoms with Crippen LogP contribution in [0.2, 0.25) is 0 Å². The number of aliphatic hydroxyl groups excluding tert-OH is 1. The quantitative estimate of drug-likeness (QED) is 0.754. The van der Waals surface area contributed by atoms with Crippen LogP contribution in [0.15, 0.2) is 24.3 Å². The maximum absolute atomic E-state index is 12.3. The molecule has 1 aromatic rings. The molecule has 0 bridgehead atoms. The Labute approximate surface area is 145 Å². The van der Waals surface area contributed by atoms with Gasteiger partial charge in [-0.2, -0.15) is 0 Å². The van der Waals surface area contributed by atoms with E-state index in [4.69, 9.17) is 4.74 Å². The molecule has 0 saturated carbocycles. The van der Waals surface area contributed by atoms with Crippen molar-refractivity contribution in [1.29, 1.82) is 0 Å². The second-order valence-electron chi connectivity index (χ2n) is 7.36. The second-order valence-corrected chi connectivity index (χ2v) is 7.36. The van der Waals surface area contributed by atoms with Gasteiger partial charge in [0.25, 0.3) is 0 Å². The van der Waals surface area contributed by atoms with Gasteiger partial charge in [0.05, 0.1) is 7.11 Å². The molecule has 5 heteroatoms. The largest absolute Gasteiger partial charge is 0.497 e. The number of amides is 2.